The molecule has 2 aromatic heterocycles. The summed E-state index contributed by atoms with van der Waals surface area (Å²) in [5.41, 5.74) is 4.34. The first-order chi connectivity index (χ1) is 15.5. The highest BCUT2D eigenvalue weighted by molar-refractivity contribution is 5.54. The van der Waals surface area contributed by atoms with E-state index in [0.29, 0.717) is 29.3 Å². The summed E-state index contributed by atoms with van der Waals surface area (Å²) in [7, 11) is 4.87. The van der Waals surface area contributed by atoms with Gasteiger partial charge >= 0.3 is 0 Å². The minimum Gasteiger partial charge on any atom is -0.493 e. The standard InChI is InChI=1S/C24H32N4O4/c1-6-17-15(2)25-22-13-18(26-28(22)24(17)29)19-9-7-8-10-27(19)14-16-11-20(30-3)23(32-5)21(12-16)31-4/h11-13,19,26H,6-10,14H2,1-5H3. The van der Waals surface area contributed by atoms with Gasteiger partial charge in [0.05, 0.1) is 33.1 Å². The summed E-state index contributed by atoms with van der Waals surface area (Å²) < 4.78 is 18.1. The smallest absolute Gasteiger partial charge is 0.276 e. The predicted octanol–water partition coefficient (Wildman–Crippen LogP) is 3.65. The number of likely N-dealkylation sites (tertiary alicyclic amines) is 1. The van der Waals surface area contributed by atoms with Crippen LogP contribution in [0.3, 0.4) is 0 Å². The molecule has 0 saturated carbocycles. The maximum Gasteiger partial charge on any atom is 0.276 e. The molecule has 8 nitrogen and oxygen atoms in total. The van der Waals surface area contributed by atoms with Crippen LogP contribution in [0.2, 0.25) is 0 Å². The third-order valence-electron chi connectivity index (χ3n) is 6.37. The fourth-order valence-corrected chi connectivity index (χ4v) is 4.76. The highest BCUT2D eigenvalue weighted by atomic mass is 16.5. The molecule has 8 heteroatoms. The average Bonchev–Trinajstić information content (AvgIpc) is 3.23. The van der Waals surface area contributed by atoms with Gasteiger partial charge in [-0.15, -0.1) is 0 Å². The number of piperidine rings is 1. The summed E-state index contributed by atoms with van der Waals surface area (Å²) in [6.45, 7) is 5.60. The number of hydrogen-bond donors (Lipinski definition) is 1. The Morgan fingerprint density at radius 1 is 1.09 bits per heavy atom. The Morgan fingerprint density at radius 3 is 2.44 bits per heavy atom. The molecule has 0 spiro atoms. The van der Waals surface area contributed by atoms with Crippen molar-refractivity contribution >= 4 is 5.65 Å². The number of hydrogen-bond acceptors (Lipinski definition) is 6. The van der Waals surface area contributed by atoms with Crippen LogP contribution in [0.1, 0.15) is 54.7 Å². The SMILES string of the molecule is CCc1c(C)nc2cc(C3CCCCN3Cc3cc(OC)c(OC)c(OC)c3)[nH]n2c1=O. The van der Waals surface area contributed by atoms with Crippen LogP contribution in [0, 0.1) is 6.92 Å². The van der Waals surface area contributed by atoms with Crippen molar-refractivity contribution in [2.45, 2.75) is 52.1 Å². The minimum atomic E-state index is -0.00626. The van der Waals surface area contributed by atoms with Crippen molar-refractivity contribution in [3.05, 3.63) is 51.1 Å². The summed E-state index contributed by atoms with van der Waals surface area (Å²) in [6.07, 6.45) is 3.98. The van der Waals surface area contributed by atoms with E-state index in [1.807, 2.05) is 32.0 Å². The zero-order valence-corrected chi connectivity index (χ0v) is 19.5. The van der Waals surface area contributed by atoms with E-state index < -0.39 is 0 Å². The Morgan fingerprint density at radius 2 is 1.81 bits per heavy atom. The Balaban J connectivity index is 1.69. The van der Waals surface area contributed by atoms with Crippen LogP contribution in [0.25, 0.3) is 5.65 Å². The van der Waals surface area contributed by atoms with Crippen molar-refractivity contribution in [2.24, 2.45) is 0 Å². The summed E-state index contributed by atoms with van der Waals surface area (Å²) >= 11 is 0. The second-order valence-electron chi connectivity index (χ2n) is 8.26. The van der Waals surface area contributed by atoms with E-state index >= 15 is 0 Å². The molecule has 32 heavy (non-hydrogen) atoms. The number of nitrogens with zero attached hydrogens (tertiary/aromatic N) is 3. The van der Waals surface area contributed by atoms with Gasteiger partial charge < -0.3 is 14.2 Å². The zero-order valence-electron chi connectivity index (χ0n) is 19.5. The molecule has 0 radical (unpaired) electrons. The summed E-state index contributed by atoms with van der Waals surface area (Å²) in [5.74, 6) is 1.90. The number of methoxy groups -OCH3 is 3. The lowest BCUT2D eigenvalue weighted by Gasteiger charge is -2.35. The maximum atomic E-state index is 12.9. The third-order valence-corrected chi connectivity index (χ3v) is 6.37. The molecule has 1 saturated heterocycles. The van der Waals surface area contributed by atoms with Crippen LogP contribution in [0.4, 0.5) is 0 Å². The molecule has 172 valence electrons. The van der Waals surface area contributed by atoms with Crippen LogP contribution in [0.15, 0.2) is 23.0 Å². The molecule has 4 rings (SSSR count). The van der Waals surface area contributed by atoms with Gasteiger partial charge in [-0.05, 0) is 50.4 Å². The number of rotatable bonds is 7. The van der Waals surface area contributed by atoms with Crippen LogP contribution >= 0.6 is 0 Å². The van der Waals surface area contributed by atoms with Gasteiger partial charge in [0.25, 0.3) is 5.56 Å². The van der Waals surface area contributed by atoms with Crippen LogP contribution in [0.5, 0.6) is 17.2 Å². The lowest BCUT2D eigenvalue weighted by Crippen LogP contribution is -2.33. The summed E-state index contributed by atoms with van der Waals surface area (Å²) in [5, 5.41) is 3.35. The Kier molecular flexibility index (Phi) is 6.41. The van der Waals surface area contributed by atoms with E-state index in [-0.39, 0.29) is 11.6 Å². The Hall–Kier alpha value is -3.00. The summed E-state index contributed by atoms with van der Waals surface area (Å²) in [6, 6.07) is 6.20. The molecular formula is C24H32N4O4. The highest BCUT2D eigenvalue weighted by Gasteiger charge is 2.27. The van der Waals surface area contributed by atoms with E-state index in [1.54, 1.807) is 25.8 Å². The number of aromatic nitrogens is 3. The van der Waals surface area contributed by atoms with Gasteiger partial charge in [-0.1, -0.05) is 13.3 Å². The normalized spacial score (nSPS) is 17.0. The van der Waals surface area contributed by atoms with Gasteiger partial charge in [0.1, 0.15) is 0 Å². The first-order valence-electron chi connectivity index (χ1n) is 11.1. The summed E-state index contributed by atoms with van der Waals surface area (Å²) in [4.78, 5) is 20.0. The van der Waals surface area contributed by atoms with Crippen molar-refractivity contribution in [3.8, 4) is 17.2 Å². The number of aromatic amines is 1. The van der Waals surface area contributed by atoms with Crippen molar-refractivity contribution in [1.29, 1.82) is 0 Å². The second-order valence-corrected chi connectivity index (χ2v) is 8.26. The van der Waals surface area contributed by atoms with Crippen molar-refractivity contribution in [2.75, 3.05) is 27.9 Å². The second kappa shape index (κ2) is 9.24. The molecule has 1 aliphatic rings. The van der Waals surface area contributed by atoms with Gasteiger partial charge in [0, 0.05) is 23.9 Å². The van der Waals surface area contributed by atoms with E-state index in [0.717, 1.165) is 54.9 Å². The highest BCUT2D eigenvalue weighted by Crippen LogP contribution is 2.39. The molecule has 1 aliphatic heterocycles. The molecule has 3 aromatic rings. The first kappa shape index (κ1) is 22.2. The fourth-order valence-electron chi connectivity index (χ4n) is 4.76. The van der Waals surface area contributed by atoms with Gasteiger partial charge in [-0.3, -0.25) is 14.8 Å². The van der Waals surface area contributed by atoms with Gasteiger partial charge in [-0.2, -0.15) is 0 Å². The monoisotopic (exact) mass is 440 g/mol. The van der Waals surface area contributed by atoms with Gasteiger partial charge in [0.15, 0.2) is 17.1 Å². The number of H-pyrrole nitrogens is 1. The minimum absolute atomic E-state index is 0.00626. The van der Waals surface area contributed by atoms with Gasteiger partial charge in [0.2, 0.25) is 5.75 Å². The van der Waals surface area contributed by atoms with Crippen molar-refractivity contribution in [1.82, 2.24) is 19.5 Å². The maximum absolute atomic E-state index is 12.9. The van der Waals surface area contributed by atoms with Gasteiger partial charge in [-0.25, -0.2) is 9.50 Å². The number of nitrogens with one attached hydrogen (secondary N) is 1. The first-order valence-corrected chi connectivity index (χ1v) is 11.1. The molecule has 1 N–H and O–H groups in total. The van der Waals surface area contributed by atoms with Crippen LogP contribution in [-0.4, -0.2) is 47.4 Å². The Bertz CT molecular complexity index is 1140. The molecule has 1 unspecified atom stereocenters. The lowest BCUT2D eigenvalue weighted by molar-refractivity contribution is 0.136. The molecule has 0 aliphatic carbocycles. The quantitative estimate of drug-likeness (QED) is 0.604. The Labute approximate surface area is 188 Å². The average molecular weight is 441 g/mol. The fraction of sp³-hybridized carbons (Fsp3) is 0.500. The molecule has 1 aromatic carbocycles. The topological polar surface area (TPSA) is 81.1 Å². The van der Waals surface area contributed by atoms with E-state index in [1.165, 1.54) is 0 Å². The number of fused-ring (bicyclic) bond motifs is 1. The molecule has 3 heterocycles. The van der Waals surface area contributed by atoms with Crippen LogP contribution in [-0.2, 0) is 13.0 Å². The number of ether oxygens (including phenoxy) is 3. The van der Waals surface area contributed by atoms with Crippen molar-refractivity contribution in [3.63, 3.8) is 0 Å². The molecule has 0 bridgehead atoms. The van der Waals surface area contributed by atoms with E-state index in [2.05, 4.69) is 15.0 Å². The predicted molar refractivity (Wildman–Crippen MR) is 123 cm³/mol. The van der Waals surface area contributed by atoms with Crippen LogP contribution < -0.4 is 19.8 Å². The molecule has 1 atom stereocenters. The molecule has 1 fully saturated rings. The number of aryl methyl sites for hydroxylation is 1. The molecular weight excluding hydrogens is 408 g/mol. The molecule has 0 amide bonds. The van der Waals surface area contributed by atoms with Crippen molar-refractivity contribution < 1.29 is 14.2 Å². The zero-order chi connectivity index (χ0) is 22.8. The lowest BCUT2D eigenvalue weighted by atomic mass is 9.98. The largest absolute Gasteiger partial charge is 0.493 e. The number of benzene rings is 1. The van der Waals surface area contributed by atoms with E-state index in [4.69, 9.17) is 14.2 Å². The third kappa shape index (κ3) is 3.95. The van der Waals surface area contributed by atoms with E-state index in [9.17, 15) is 4.79 Å².